The highest BCUT2D eigenvalue weighted by Gasteiger charge is 2.28. The molecule has 2 unspecified atom stereocenters. The highest BCUT2D eigenvalue weighted by atomic mass is 19.1. The first kappa shape index (κ1) is 12.2. The SMILES string of the molecule is NC(c1ccccc1F)C1CCOc2ccccc21. The topological polar surface area (TPSA) is 35.2 Å². The van der Waals surface area contributed by atoms with E-state index in [9.17, 15) is 4.39 Å². The second kappa shape index (κ2) is 5.02. The minimum absolute atomic E-state index is 0.0989. The van der Waals surface area contributed by atoms with Crippen LogP contribution in [0.2, 0.25) is 0 Å². The van der Waals surface area contributed by atoms with Gasteiger partial charge in [-0.05, 0) is 24.1 Å². The summed E-state index contributed by atoms with van der Waals surface area (Å²) in [6.07, 6.45) is 0.812. The number of fused-ring (bicyclic) bond motifs is 1. The van der Waals surface area contributed by atoms with Crippen molar-refractivity contribution in [3.05, 3.63) is 65.5 Å². The van der Waals surface area contributed by atoms with Gasteiger partial charge in [-0.2, -0.15) is 0 Å². The molecule has 0 saturated heterocycles. The van der Waals surface area contributed by atoms with Crippen LogP contribution in [0.25, 0.3) is 0 Å². The van der Waals surface area contributed by atoms with E-state index >= 15 is 0 Å². The molecule has 0 saturated carbocycles. The van der Waals surface area contributed by atoms with Gasteiger partial charge in [0.2, 0.25) is 0 Å². The van der Waals surface area contributed by atoms with Gasteiger partial charge in [-0.15, -0.1) is 0 Å². The summed E-state index contributed by atoms with van der Waals surface area (Å²) >= 11 is 0. The molecule has 98 valence electrons. The average Bonchev–Trinajstić information content (AvgIpc) is 2.46. The molecule has 0 fully saturated rings. The van der Waals surface area contributed by atoms with Crippen LogP contribution in [0.3, 0.4) is 0 Å². The number of hydrogen-bond donors (Lipinski definition) is 1. The normalized spacial score (nSPS) is 19.4. The lowest BCUT2D eigenvalue weighted by molar-refractivity contribution is 0.254. The van der Waals surface area contributed by atoms with Gasteiger partial charge in [0.25, 0.3) is 0 Å². The second-order valence-corrected chi connectivity index (χ2v) is 4.83. The van der Waals surface area contributed by atoms with Crippen LogP contribution in [0.4, 0.5) is 4.39 Å². The van der Waals surface area contributed by atoms with Crippen LogP contribution in [0.15, 0.2) is 48.5 Å². The predicted octanol–water partition coefficient (Wildman–Crippen LogP) is 3.39. The van der Waals surface area contributed by atoms with Gasteiger partial charge in [-0.25, -0.2) is 4.39 Å². The molecular formula is C16H16FNO. The number of rotatable bonds is 2. The van der Waals surface area contributed by atoms with Crippen molar-refractivity contribution in [3.8, 4) is 5.75 Å². The molecule has 2 aromatic rings. The van der Waals surface area contributed by atoms with Crippen molar-refractivity contribution in [2.45, 2.75) is 18.4 Å². The van der Waals surface area contributed by atoms with Crippen molar-refractivity contribution in [2.75, 3.05) is 6.61 Å². The van der Waals surface area contributed by atoms with Gasteiger partial charge < -0.3 is 10.5 Å². The Kier molecular flexibility index (Phi) is 3.22. The Morgan fingerprint density at radius 3 is 2.68 bits per heavy atom. The Labute approximate surface area is 112 Å². The molecule has 19 heavy (non-hydrogen) atoms. The molecule has 1 aliphatic heterocycles. The van der Waals surface area contributed by atoms with Crippen molar-refractivity contribution >= 4 is 0 Å². The van der Waals surface area contributed by atoms with Crippen LogP contribution in [0.5, 0.6) is 5.75 Å². The maximum absolute atomic E-state index is 13.9. The summed E-state index contributed by atoms with van der Waals surface area (Å²) in [5.41, 5.74) is 7.94. The number of benzene rings is 2. The zero-order valence-electron chi connectivity index (χ0n) is 10.6. The van der Waals surface area contributed by atoms with Crippen LogP contribution < -0.4 is 10.5 Å². The zero-order chi connectivity index (χ0) is 13.2. The highest BCUT2D eigenvalue weighted by Crippen LogP contribution is 2.40. The first-order valence-electron chi connectivity index (χ1n) is 6.49. The van der Waals surface area contributed by atoms with Gasteiger partial charge in [0, 0.05) is 17.5 Å². The van der Waals surface area contributed by atoms with E-state index in [4.69, 9.17) is 10.5 Å². The summed E-state index contributed by atoms with van der Waals surface area (Å²) < 4.78 is 19.5. The Morgan fingerprint density at radius 1 is 1.11 bits per heavy atom. The molecular weight excluding hydrogens is 241 g/mol. The molecule has 2 nitrogen and oxygen atoms in total. The molecule has 0 amide bonds. The maximum Gasteiger partial charge on any atom is 0.127 e. The molecule has 1 aliphatic rings. The van der Waals surface area contributed by atoms with E-state index in [0.717, 1.165) is 17.7 Å². The van der Waals surface area contributed by atoms with E-state index in [0.29, 0.717) is 12.2 Å². The van der Waals surface area contributed by atoms with Gasteiger partial charge in [0.1, 0.15) is 11.6 Å². The summed E-state index contributed by atoms with van der Waals surface area (Å²) in [4.78, 5) is 0. The maximum atomic E-state index is 13.9. The minimum atomic E-state index is -0.341. The second-order valence-electron chi connectivity index (χ2n) is 4.83. The summed E-state index contributed by atoms with van der Waals surface area (Å²) in [7, 11) is 0. The van der Waals surface area contributed by atoms with Crippen LogP contribution in [-0.2, 0) is 0 Å². The van der Waals surface area contributed by atoms with E-state index in [2.05, 4.69) is 0 Å². The molecule has 0 aromatic heterocycles. The molecule has 2 atom stereocenters. The lowest BCUT2D eigenvalue weighted by Gasteiger charge is -2.30. The van der Waals surface area contributed by atoms with Crippen molar-refractivity contribution in [1.29, 1.82) is 0 Å². The minimum Gasteiger partial charge on any atom is -0.493 e. The lowest BCUT2D eigenvalue weighted by atomic mass is 9.83. The largest absolute Gasteiger partial charge is 0.493 e. The summed E-state index contributed by atoms with van der Waals surface area (Å²) in [5.74, 6) is 0.728. The van der Waals surface area contributed by atoms with E-state index in [1.54, 1.807) is 12.1 Å². The summed E-state index contributed by atoms with van der Waals surface area (Å²) in [5, 5.41) is 0. The fourth-order valence-electron chi connectivity index (χ4n) is 2.70. The molecule has 1 heterocycles. The third-order valence-electron chi connectivity index (χ3n) is 3.70. The molecule has 3 rings (SSSR count). The number of ether oxygens (including phenoxy) is 1. The van der Waals surface area contributed by atoms with E-state index in [1.165, 1.54) is 6.07 Å². The molecule has 2 N–H and O–H groups in total. The number of nitrogens with two attached hydrogens (primary N) is 1. The van der Waals surface area contributed by atoms with E-state index in [1.807, 2.05) is 30.3 Å². The molecule has 0 spiro atoms. The number of para-hydroxylation sites is 1. The predicted molar refractivity (Wildman–Crippen MR) is 72.6 cm³/mol. The van der Waals surface area contributed by atoms with Gasteiger partial charge in [0.15, 0.2) is 0 Å². The lowest BCUT2D eigenvalue weighted by Crippen LogP contribution is -2.26. The third-order valence-corrected chi connectivity index (χ3v) is 3.70. The Bertz CT molecular complexity index is 584. The highest BCUT2D eigenvalue weighted by molar-refractivity contribution is 5.40. The molecule has 2 aromatic carbocycles. The van der Waals surface area contributed by atoms with Crippen molar-refractivity contribution in [1.82, 2.24) is 0 Å². The first-order valence-corrected chi connectivity index (χ1v) is 6.49. The Balaban J connectivity index is 1.98. The number of halogens is 1. The van der Waals surface area contributed by atoms with Crippen molar-refractivity contribution in [2.24, 2.45) is 5.73 Å². The van der Waals surface area contributed by atoms with Crippen LogP contribution in [0.1, 0.15) is 29.5 Å². The molecule has 0 aliphatic carbocycles. The fraction of sp³-hybridized carbons (Fsp3) is 0.250. The van der Waals surface area contributed by atoms with Crippen LogP contribution in [0, 0.1) is 5.82 Å². The zero-order valence-corrected chi connectivity index (χ0v) is 10.6. The van der Waals surface area contributed by atoms with Gasteiger partial charge in [-0.3, -0.25) is 0 Å². The third kappa shape index (κ3) is 2.22. The van der Waals surface area contributed by atoms with Gasteiger partial charge >= 0.3 is 0 Å². The average molecular weight is 257 g/mol. The molecule has 0 radical (unpaired) electrons. The standard InChI is InChI=1S/C16H16FNO/c17-14-7-3-1-6-13(14)16(18)12-9-10-19-15-8-4-2-5-11(12)15/h1-8,12,16H,9-10,18H2. The molecule has 0 bridgehead atoms. The van der Waals surface area contributed by atoms with Crippen LogP contribution >= 0.6 is 0 Å². The van der Waals surface area contributed by atoms with Crippen LogP contribution in [-0.4, -0.2) is 6.61 Å². The Hall–Kier alpha value is -1.87. The fourth-order valence-corrected chi connectivity index (χ4v) is 2.70. The quantitative estimate of drug-likeness (QED) is 0.895. The smallest absolute Gasteiger partial charge is 0.127 e. The Morgan fingerprint density at radius 2 is 1.84 bits per heavy atom. The van der Waals surface area contributed by atoms with Crippen molar-refractivity contribution in [3.63, 3.8) is 0 Å². The van der Waals surface area contributed by atoms with E-state index < -0.39 is 0 Å². The van der Waals surface area contributed by atoms with Gasteiger partial charge in [0.05, 0.1) is 6.61 Å². The molecule has 3 heteroatoms. The monoisotopic (exact) mass is 257 g/mol. The summed E-state index contributed by atoms with van der Waals surface area (Å²) in [6, 6.07) is 14.2. The van der Waals surface area contributed by atoms with E-state index in [-0.39, 0.29) is 17.8 Å². The number of hydrogen-bond acceptors (Lipinski definition) is 2. The van der Waals surface area contributed by atoms with Crippen molar-refractivity contribution < 1.29 is 9.13 Å². The summed E-state index contributed by atoms with van der Waals surface area (Å²) in [6.45, 7) is 0.629. The van der Waals surface area contributed by atoms with Gasteiger partial charge in [-0.1, -0.05) is 36.4 Å². The first-order chi connectivity index (χ1) is 9.27.